The van der Waals surface area contributed by atoms with Crippen molar-refractivity contribution in [2.24, 2.45) is 0 Å². The van der Waals surface area contributed by atoms with Crippen LogP contribution in [0.3, 0.4) is 0 Å². The van der Waals surface area contributed by atoms with Crippen molar-refractivity contribution in [2.45, 2.75) is 6.92 Å². The number of benzene rings is 2. The molecule has 0 spiro atoms. The van der Waals surface area contributed by atoms with E-state index in [4.69, 9.17) is 4.98 Å². The quantitative estimate of drug-likeness (QED) is 0.367. The van der Waals surface area contributed by atoms with Crippen LogP contribution in [-0.2, 0) is 0 Å². The summed E-state index contributed by atoms with van der Waals surface area (Å²) in [5.74, 6) is 0.742. The zero-order chi connectivity index (χ0) is 22.9. The van der Waals surface area contributed by atoms with Crippen LogP contribution >= 0.6 is 0 Å². The topological polar surface area (TPSA) is 91.8 Å². The van der Waals surface area contributed by atoms with Crippen molar-refractivity contribution in [3.05, 3.63) is 76.6 Å². The number of hydrogen-bond donors (Lipinski definition) is 1. The summed E-state index contributed by atoms with van der Waals surface area (Å²) in [6.07, 6.45) is 1.83. The van der Waals surface area contributed by atoms with Gasteiger partial charge in [-0.05, 0) is 43.8 Å². The highest BCUT2D eigenvalue weighted by atomic mass is 16.6. The van der Waals surface area contributed by atoms with Gasteiger partial charge >= 0.3 is 0 Å². The molecule has 33 heavy (non-hydrogen) atoms. The summed E-state index contributed by atoms with van der Waals surface area (Å²) in [5.41, 5.74) is 5.64. The van der Waals surface area contributed by atoms with E-state index in [9.17, 15) is 10.1 Å². The molecule has 1 N–H and O–H groups in total. The average molecular weight is 444 g/mol. The fourth-order valence-corrected chi connectivity index (χ4v) is 4.11. The lowest BCUT2D eigenvalue weighted by Crippen LogP contribution is -2.44. The molecule has 0 radical (unpaired) electrons. The molecular weight excluding hydrogens is 418 g/mol. The minimum atomic E-state index is -0.409. The molecule has 9 nitrogen and oxygen atoms in total. The molecule has 168 valence electrons. The lowest BCUT2D eigenvalue weighted by molar-refractivity contribution is -0.384. The van der Waals surface area contributed by atoms with Gasteiger partial charge in [0, 0.05) is 67.0 Å². The predicted octanol–water partition coefficient (Wildman–Crippen LogP) is 4.11. The van der Waals surface area contributed by atoms with Crippen molar-refractivity contribution >= 4 is 28.5 Å². The highest BCUT2D eigenvalue weighted by Gasteiger charge is 2.16. The van der Waals surface area contributed by atoms with Crippen molar-refractivity contribution < 1.29 is 4.92 Å². The maximum Gasteiger partial charge on any atom is 0.269 e. The van der Waals surface area contributed by atoms with Crippen molar-refractivity contribution in [2.75, 3.05) is 43.4 Å². The van der Waals surface area contributed by atoms with Crippen molar-refractivity contribution in [3.8, 4) is 11.1 Å². The predicted molar refractivity (Wildman–Crippen MR) is 129 cm³/mol. The van der Waals surface area contributed by atoms with Crippen LogP contribution in [0, 0.1) is 17.0 Å². The minimum absolute atomic E-state index is 0.0537. The van der Waals surface area contributed by atoms with Gasteiger partial charge < -0.3 is 15.1 Å². The Kier molecular flexibility index (Phi) is 5.39. The highest BCUT2D eigenvalue weighted by Crippen LogP contribution is 2.29. The number of likely N-dealkylation sites (N-methyl/N-ethyl adjacent to an activating group) is 1. The first kappa shape index (κ1) is 20.9. The number of piperazine rings is 1. The monoisotopic (exact) mass is 443 g/mol. The summed E-state index contributed by atoms with van der Waals surface area (Å²) in [7, 11) is 2.16. The second kappa shape index (κ2) is 8.51. The Hall–Kier alpha value is -3.98. The number of nitrogens with zero attached hydrogens (tertiary/aromatic N) is 6. The Balaban J connectivity index is 1.43. The summed E-state index contributed by atoms with van der Waals surface area (Å²) in [6.45, 7) is 6.15. The molecule has 0 amide bonds. The minimum Gasteiger partial charge on any atom is -0.369 e. The highest BCUT2D eigenvalue weighted by molar-refractivity contribution is 5.79. The van der Waals surface area contributed by atoms with E-state index in [1.807, 2.05) is 19.2 Å². The van der Waals surface area contributed by atoms with Gasteiger partial charge in [0.15, 0.2) is 5.65 Å². The Morgan fingerprint density at radius 1 is 1.00 bits per heavy atom. The van der Waals surface area contributed by atoms with Gasteiger partial charge in [-0.15, -0.1) is 0 Å². The normalized spacial score (nSPS) is 14.5. The molecule has 5 rings (SSSR count). The maximum absolute atomic E-state index is 10.9. The molecular formula is C24H25N7O2. The van der Waals surface area contributed by atoms with Gasteiger partial charge in [0.1, 0.15) is 5.82 Å². The number of hydrogen-bond acceptors (Lipinski definition) is 7. The largest absolute Gasteiger partial charge is 0.369 e. The first-order chi connectivity index (χ1) is 16.0. The summed E-state index contributed by atoms with van der Waals surface area (Å²) < 4.78 is 1.76. The number of nitro benzene ring substituents is 1. The third-order valence-corrected chi connectivity index (χ3v) is 6.00. The van der Waals surface area contributed by atoms with E-state index in [2.05, 4.69) is 51.5 Å². The third-order valence-electron chi connectivity index (χ3n) is 6.00. The van der Waals surface area contributed by atoms with Crippen LogP contribution < -0.4 is 10.2 Å². The molecule has 0 aliphatic carbocycles. The van der Waals surface area contributed by atoms with Crippen LogP contribution in [-0.4, -0.2) is 57.6 Å². The number of nitro groups is 1. The number of rotatable bonds is 5. The van der Waals surface area contributed by atoms with Gasteiger partial charge in [0.05, 0.1) is 11.1 Å². The zero-order valence-corrected chi connectivity index (χ0v) is 18.6. The van der Waals surface area contributed by atoms with Crippen LogP contribution in [0.25, 0.3) is 16.8 Å². The molecule has 1 saturated heterocycles. The van der Waals surface area contributed by atoms with Gasteiger partial charge in [-0.25, -0.2) is 4.98 Å². The Morgan fingerprint density at radius 3 is 2.36 bits per heavy atom. The molecule has 0 saturated carbocycles. The molecule has 1 fully saturated rings. The second-order valence-electron chi connectivity index (χ2n) is 8.34. The van der Waals surface area contributed by atoms with Crippen molar-refractivity contribution in [1.82, 2.24) is 19.5 Å². The average Bonchev–Trinajstić information content (AvgIpc) is 3.24. The summed E-state index contributed by atoms with van der Waals surface area (Å²) >= 11 is 0. The zero-order valence-electron chi connectivity index (χ0n) is 18.6. The van der Waals surface area contributed by atoms with Crippen molar-refractivity contribution in [3.63, 3.8) is 0 Å². The Bertz CT molecular complexity index is 1290. The van der Waals surface area contributed by atoms with E-state index in [0.29, 0.717) is 0 Å². The van der Waals surface area contributed by atoms with Crippen LogP contribution in [0.1, 0.15) is 5.69 Å². The number of anilines is 3. The fraction of sp³-hybridized carbons (Fsp3) is 0.250. The van der Waals surface area contributed by atoms with Gasteiger partial charge in [0.25, 0.3) is 5.69 Å². The molecule has 4 aromatic rings. The number of fused-ring (bicyclic) bond motifs is 1. The van der Waals surface area contributed by atoms with Gasteiger partial charge in [-0.2, -0.15) is 9.61 Å². The number of nitrogens with one attached hydrogen (secondary N) is 1. The molecule has 2 aromatic heterocycles. The van der Waals surface area contributed by atoms with E-state index < -0.39 is 4.92 Å². The van der Waals surface area contributed by atoms with E-state index in [0.717, 1.165) is 60.2 Å². The van der Waals surface area contributed by atoms with E-state index in [-0.39, 0.29) is 5.69 Å². The van der Waals surface area contributed by atoms with Crippen LogP contribution in [0.5, 0.6) is 0 Å². The van der Waals surface area contributed by atoms with Crippen LogP contribution in [0.15, 0.2) is 60.8 Å². The molecule has 2 aromatic carbocycles. The molecule has 1 aliphatic heterocycles. The second-order valence-corrected chi connectivity index (χ2v) is 8.34. The lowest BCUT2D eigenvalue weighted by atomic mass is 10.1. The summed E-state index contributed by atoms with van der Waals surface area (Å²) in [6, 6.07) is 16.8. The third kappa shape index (κ3) is 4.22. The van der Waals surface area contributed by atoms with Crippen molar-refractivity contribution in [1.29, 1.82) is 0 Å². The Labute approximate surface area is 191 Å². The number of aryl methyl sites for hydroxylation is 1. The Morgan fingerprint density at radius 2 is 1.70 bits per heavy atom. The van der Waals surface area contributed by atoms with Gasteiger partial charge in [0.2, 0.25) is 0 Å². The fourth-order valence-electron chi connectivity index (χ4n) is 4.11. The van der Waals surface area contributed by atoms with Gasteiger partial charge in [-0.3, -0.25) is 10.1 Å². The summed E-state index contributed by atoms with van der Waals surface area (Å²) in [4.78, 5) is 20.0. The first-order valence-electron chi connectivity index (χ1n) is 10.9. The number of aromatic nitrogens is 3. The molecule has 9 heteroatoms. The lowest BCUT2D eigenvalue weighted by Gasteiger charge is -2.34. The van der Waals surface area contributed by atoms with Crippen LogP contribution in [0.2, 0.25) is 0 Å². The maximum atomic E-state index is 10.9. The number of non-ortho nitro benzene ring substituents is 1. The molecule has 0 atom stereocenters. The van der Waals surface area contributed by atoms with E-state index in [1.165, 1.54) is 17.8 Å². The standard InChI is InChI=1S/C24H25N7O2/c1-17-15-23(27-19-5-9-21(10-6-19)31(32)33)30-24(26-17)22(16-25-30)18-3-7-20(8-4-18)29-13-11-28(2)12-14-29/h3-10,15-16,27H,11-14H2,1-2H3. The SMILES string of the molecule is Cc1cc(Nc2ccc([N+](=O)[O-])cc2)n2ncc(-c3ccc(N4CCN(C)CC4)cc3)c2n1. The molecule has 0 unspecified atom stereocenters. The first-order valence-corrected chi connectivity index (χ1v) is 10.9. The smallest absolute Gasteiger partial charge is 0.269 e. The van der Waals surface area contributed by atoms with Gasteiger partial charge in [-0.1, -0.05) is 12.1 Å². The molecule has 1 aliphatic rings. The molecule has 3 heterocycles. The summed E-state index contributed by atoms with van der Waals surface area (Å²) in [5, 5.41) is 18.8. The van der Waals surface area contributed by atoms with Crippen LogP contribution in [0.4, 0.5) is 22.9 Å². The molecule has 0 bridgehead atoms. The van der Waals surface area contributed by atoms with E-state index >= 15 is 0 Å². The van der Waals surface area contributed by atoms with E-state index in [1.54, 1.807) is 16.6 Å².